The van der Waals surface area contributed by atoms with Gasteiger partial charge in [0, 0.05) is 6.08 Å². The Bertz CT molecular complexity index is 298. The first-order valence-corrected chi connectivity index (χ1v) is 4.07. The van der Waals surface area contributed by atoms with Crippen LogP contribution in [0.5, 0.6) is 0 Å². The molecular weight excluding hydrogens is 195 g/mol. The van der Waals surface area contributed by atoms with E-state index in [9.17, 15) is 4.79 Å². The minimum Gasteiger partial charge on any atom is -0.478 e. The van der Waals surface area contributed by atoms with E-state index in [2.05, 4.69) is 0 Å². The summed E-state index contributed by atoms with van der Waals surface area (Å²) in [4.78, 5) is 10.1. The van der Waals surface area contributed by atoms with Crippen LogP contribution in [0.4, 0.5) is 0 Å². The predicted octanol–water partition coefficient (Wildman–Crippen LogP) is -0.574. The Morgan fingerprint density at radius 2 is 1.87 bits per heavy atom. The molecule has 0 spiro atoms. The summed E-state index contributed by atoms with van der Waals surface area (Å²) in [7, 11) is 1.97. The molecule has 0 aliphatic carbocycles. The van der Waals surface area contributed by atoms with Crippen molar-refractivity contribution in [3.05, 3.63) is 42.5 Å². The van der Waals surface area contributed by atoms with Crippen LogP contribution in [-0.4, -0.2) is 29.3 Å². The fourth-order valence-electron chi connectivity index (χ4n) is 0.962. The number of benzene rings is 1. The summed E-state index contributed by atoms with van der Waals surface area (Å²) in [5, 5.41) is 8.31. The molecule has 81 valence electrons. The number of allylic oxidation sites excluding steroid dienone is 1. The molecule has 1 aromatic carbocycles. The van der Waals surface area contributed by atoms with Crippen molar-refractivity contribution in [2.45, 2.75) is 6.32 Å². The molecule has 4 nitrogen and oxygen atoms in total. The van der Waals surface area contributed by atoms with Crippen LogP contribution >= 0.6 is 0 Å². The smallest absolute Gasteiger partial charge is 0.327 e. The van der Waals surface area contributed by atoms with Crippen LogP contribution in [0.2, 0.25) is 6.32 Å². The molecule has 0 aliphatic rings. The molecular formula is C10H14BO4. The Hall–Kier alpha value is -1.59. The van der Waals surface area contributed by atoms with E-state index >= 15 is 0 Å². The molecule has 0 unspecified atom stereocenters. The van der Waals surface area contributed by atoms with Crippen molar-refractivity contribution in [2.24, 2.45) is 0 Å². The van der Waals surface area contributed by atoms with Gasteiger partial charge in [-0.05, 0) is 0 Å². The van der Waals surface area contributed by atoms with Gasteiger partial charge in [0.25, 0.3) is 0 Å². The van der Waals surface area contributed by atoms with Crippen LogP contribution in [0.3, 0.4) is 0 Å². The van der Waals surface area contributed by atoms with E-state index in [1.807, 2.05) is 37.6 Å². The van der Waals surface area contributed by atoms with E-state index in [-0.39, 0.29) is 11.0 Å². The molecule has 5 heteroatoms. The van der Waals surface area contributed by atoms with Crippen molar-refractivity contribution in [2.75, 3.05) is 0 Å². The lowest BCUT2D eigenvalue weighted by Gasteiger charge is -1.93. The van der Waals surface area contributed by atoms with Gasteiger partial charge in [0.1, 0.15) is 0 Å². The summed E-state index contributed by atoms with van der Waals surface area (Å²) >= 11 is 0. The van der Waals surface area contributed by atoms with Crippen molar-refractivity contribution in [3.8, 4) is 0 Å². The first-order chi connectivity index (χ1) is 6.29. The first-order valence-electron chi connectivity index (χ1n) is 4.07. The van der Waals surface area contributed by atoms with E-state index in [0.29, 0.717) is 6.32 Å². The summed E-state index contributed by atoms with van der Waals surface area (Å²) in [6, 6.07) is 9.81. The highest BCUT2D eigenvalue weighted by Crippen LogP contribution is 1.86. The van der Waals surface area contributed by atoms with Gasteiger partial charge in [-0.15, -0.1) is 0 Å². The van der Waals surface area contributed by atoms with E-state index in [1.54, 1.807) is 6.08 Å². The van der Waals surface area contributed by atoms with Crippen LogP contribution in [0.15, 0.2) is 42.5 Å². The van der Waals surface area contributed by atoms with Gasteiger partial charge in [-0.3, -0.25) is 0 Å². The van der Waals surface area contributed by atoms with Gasteiger partial charge in [-0.1, -0.05) is 48.2 Å². The number of hydrogen-bond donors (Lipinski definition) is 1. The van der Waals surface area contributed by atoms with Crippen molar-refractivity contribution in [1.29, 1.82) is 0 Å². The summed E-state index contributed by atoms with van der Waals surface area (Å²) in [6.45, 7) is 0. The molecule has 0 aliphatic heterocycles. The number of aliphatic carboxylic acids is 1. The second kappa shape index (κ2) is 8.99. The molecule has 5 N–H and O–H groups in total. The number of carboxylic acids is 1. The average molecular weight is 209 g/mol. The van der Waals surface area contributed by atoms with Crippen LogP contribution in [0.25, 0.3) is 0 Å². The minimum absolute atomic E-state index is 0. The monoisotopic (exact) mass is 209 g/mol. The van der Waals surface area contributed by atoms with Crippen molar-refractivity contribution < 1.29 is 20.9 Å². The predicted molar refractivity (Wildman–Crippen MR) is 60.6 cm³/mol. The van der Waals surface area contributed by atoms with Crippen LogP contribution < -0.4 is 5.46 Å². The van der Waals surface area contributed by atoms with Gasteiger partial charge in [0.2, 0.25) is 0 Å². The Labute approximate surface area is 89.1 Å². The highest BCUT2D eigenvalue weighted by molar-refractivity contribution is 6.53. The van der Waals surface area contributed by atoms with Crippen molar-refractivity contribution in [1.82, 2.24) is 0 Å². The van der Waals surface area contributed by atoms with Gasteiger partial charge in [-0.25, -0.2) is 4.79 Å². The first kappa shape index (κ1) is 15.9. The van der Waals surface area contributed by atoms with Gasteiger partial charge in [0.15, 0.2) is 7.28 Å². The van der Waals surface area contributed by atoms with E-state index in [0.717, 1.165) is 11.5 Å². The minimum atomic E-state index is -0.901. The van der Waals surface area contributed by atoms with Gasteiger partial charge in [0.05, 0.1) is 0 Å². The lowest BCUT2D eigenvalue weighted by atomic mass is 9.67. The molecule has 0 amide bonds. The van der Waals surface area contributed by atoms with Crippen LogP contribution in [-0.2, 0) is 4.79 Å². The zero-order chi connectivity index (χ0) is 9.52. The molecule has 1 radical (unpaired) electrons. The summed E-state index contributed by atoms with van der Waals surface area (Å²) in [5.74, 6) is -0.901. The fraction of sp³-hybridized carbons (Fsp3) is 0.100. The third-order valence-electron chi connectivity index (χ3n) is 1.55. The zero-order valence-corrected chi connectivity index (χ0v) is 8.18. The largest absolute Gasteiger partial charge is 0.478 e. The number of hydrogen-bond acceptors (Lipinski definition) is 1. The van der Waals surface area contributed by atoms with Crippen LogP contribution in [0.1, 0.15) is 0 Å². The van der Waals surface area contributed by atoms with Gasteiger partial charge in [-0.2, -0.15) is 0 Å². The van der Waals surface area contributed by atoms with Crippen molar-refractivity contribution >= 4 is 18.7 Å². The number of rotatable bonds is 4. The fourth-order valence-corrected chi connectivity index (χ4v) is 0.962. The topological polar surface area (TPSA) is 100 Å². The summed E-state index contributed by atoms with van der Waals surface area (Å²) < 4.78 is 0. The third-order valence-corrected chi connectivity index (χ3v) is 1.55. The zero-order valence-electron chi connectivity index (χ0n) is 8.18. The quantitative estimate of drug-likeness (QED) is 0.530. The summed E-state index contributed by atoms with van der Waals surface area (Å²) in [5.41, 5.74) is 1.11. The Balaban J connectivity index is 0. The molecule has 0 atom stereocenters. The van der Waals surface area contributed by atoms with Gasteiger partial charge < -0.3 is 16.1 Å². The average Bonchev–Trinajstić information content (AvgIpc) is 2.14. The van der Waals surface area contributed by atoms with E-state index in [1.165, 1.54) is 0 Å². The molecule has 0 bridgehead atoms. The second-order valence-corrected chi connectivity index (χ2v) is 2.59. The van der Waals surface area contributed by atoms with Gasteiger partial charge >= 0.3 is 5.97 Å². The Morgan fingerprint density at radius 3 is 2.40 bits per heavy atom. The molecule has 15 heavy (non-hydrogen) atoms. The lowest BCUT2D eigenvalue weighted by Crippen LogP contribution is -2.11. The molecule has 0 aromatic heterocycles. The molecule has 1 aromatic rings. The number of carboxylic acid groups (broad SMARTS) is 1. The lowest BCUT2D eigenvalue weighted by molar-refractivity contribution is -0.131. The van der Waals surface area contributed by atoms with Crippen LogP contribution in [0, 0.1) is 0 Å². The molecule has 0 saturated heterocycles. The van der Waals surface area contributed by atoms with Crippen molar-refractivity contribution in [3.63, 3.8) is 0 Å². The summed E-state index contributed by atoms with van der Waals surface area (Å²) in [6.07, 6.45) is 3.42. The SMILES string of the molecule is O.O.O=C(O)C=CC[B]c1ccccc1. The maximum atomic E-state index is 10.1. The van der Waals surface area contributed by atoms with E-state index < -0.39 is 5.97 Å². The normalized spacial score (nSPS) is 8.80. The molecule has 0 fully saturated rings. The molecule has 0 saturated carbocycles. The Morgan fingerprint density at radius 1 is 1.27 bits per heavy atom. The molecule has 1 rings (SSSR count). The molecule has 0 heterocycles. The highest BCUT2D eigenvalue weighted by Gasteiger charge is 1.91. The second-order valence-electron chi connectivity index (χ2n) is 2.59. The maximum Gasteiger partial charge on any atom is 0.327 e. The Kier molecular flexibility index (Phi) is 9.51. The van der Waals surface area contributed by atoms with E-state index in [4.69, 9.17) is 5.11 Å². The standard InChI is InChI=1S/C10H10BO2.2H2O/c12-10(13)7-4-8-11-9-5-2-1-3-6-9;;/h1-7H,8H2,(H,12,13);2*1H2. The third kappa shape index (κ3) is 7.48. The maximum absolute atomic E-state index is 10.1. The highest BCUT2D eigenvalue weighted by atomic mass is 16.4. The number of carbonyl (C=O) groups is 1.